The van der Waals surface area contributed by atoms with Crippen molar-refractivity contribution in [3.63, 3.8) is 0 Å². The van der Waals surface area contributed by atoms with E-state index in [1.54, 1.807) is 18.2 Å². The van der Waals surface area contributed by atoms with Crippen molar-refractivity contribution in [2.75, 3.05) is 0 Å². The molecule has 116 valence electrons. The van der Waals surface area contributed by atoms with Crippen LogP contribution in [0.5, 0.6) is 0 Å². The Balaban J connectivity index is 1.92. The molecule has 1 aromatic heterocycles. The highest BCUT2D eigenvalue weighted by Gasteiger charge is 2.20. The standard InChI is InChI=1S/C15H13Cl2NO4/c1-9(14(19)18-8-11-3-2-6-21-11)22-15(20)12-7-10(16)4-5-13(12)17/h2-7,9H,8H2,1H3,(H,18,19)/t9-/m1/s1. The Labute approximate surface area is 137 Å². The second-order valence-corrected chi connectivity index (χ2v) is 5.31. The first kappa shape index (κ1) is 16.4. The van der Waals surface area contributed by atoms with E-state index in [-0.39, 0.29) is 17.1 Å². The molecule has 0 aliphatic heterocycles. The Morgan fingerprint density at radius 3 is 2.77 bits per heavy atom. The number of hydrogen-bond acceptors (Lipinski definition) is 4. The molecule has 2 aromatic rings. The third-order valence-electron chi connectivity index (χ3n) is 2.82. The minimum Gasteiger partial charge on any atom is -0.467 e. The minimum atomic E-state index is -0.975. The van der Waals surface area contributed by atoms with Gasteiger partial charge in [-0.25, -0.2) is 4.79 Å². The summed E-state index contributed by atoms with van der Waals surface area (Å²) in [4.78, 5) is 23.9. The Bertz CT molecular complexity index is 670. The highest BCUT2D eigenvalue weighted by atomic mass is 35.5. The normalized spacial score (nSPS) is 11.8. The molecule has 0 saturated heterocycles. The van der Waals surface area contributed by atoms with Crippen LogP contribution >= 0.6 is 23.2 Å². The van der Waals surface area contributed by atoms with Gasteiger partial charge in [0, 0.05) is 5.02 Å². The number of carbonyl (C=O) groups excluding carboxylic acids is 2. The van der Waals surface area contributed by atoms with Crippen LogP contribution < -0.4 is 5.32 Å². The summed E-state index contributed by atoms with van der Waals surface area (Å²) < 4.78 is 10.2. The molecule has 0 spiro atoms. The number of benzene rings is 1. The summed E-state index contributed by atoms with van der Waals surface area (Å²) in [6.07, 6.45) is 0.532. The zero-order valence-electron chi connectivity index (χ0n) is 11.6. The fraction of sp³-hybridized carbons (Fsp3) is 0.200. The first-order valence-corrected chi connectivity index (χ1v) is 7.19. The highest BCUT2D eigenvalue weighted by Crippen LogP contribution is 2.21. The van der Waals surface area contributed by atoms with Gasteiger partial charge >= 0.3 is 5.97 Å². The maximum absolute atomic E-state index is 12.0. The molecule has 1 heterocycles. The first-order chi connectivity index (χ1) is 10.5. The number of nitrogens with one attached hydrogen (secondary N) is 1. The van der Waals surface area contributed by atoms with Gasteiger partial charge in [-0.2, -0.15) is 0 Å². The SMILES string of the molecule is C[C@@H](OC(=O)c1cc(Cl)ccc1Cl)C(=O)NCc1ccco1. The van der Waals surface area contributed by atoms with Gasteiger partial charge in [0.1, 0.15) is 5.76 Å². The lowest BCUT2D eigenvalue weighted by molar-refractivity contribution is -0.129. The Kier molecular flexibility index (Phi) is 5.46. The number of amides is 1. The molecular formula is C15H13Cl2NO4. The molecule has 0 aliphatic rings. The van der Waals surface area contributed by atoms with Crippen molar-refractivity contribution in [3.8, 4) is 0 Å². The number of carbonyl (C=O) groups is 2. The van der Waals surface area contributed by atoms with Crippen molar-refractivity contribution in [2.24, 2.45) is 0 Å². The lowest BCUT2D eigenvalue weighted by atomic mass is 10.2. The Morgan fingerprint density at radius 2 is 2.09 bits per heavy atom. The zero-order valence-corrected chi connectivity index (χ0v) is 13.1. The molecule has 0 aliphatic carbocycles. The van der Waals surface area contributed by atoms with Gasteiger partial charge in [0.05, 0.1) is 23.4 Å². The molecule has 5 nitrogen and oxygen atoms in total. The van der Waals surface area contributed by atoms with Crippen LogP contribution in [0.1, 0.15) is 23.0 Å². The van der Waals surface area contributed by atoms with E-state index in [1.165, 1.54) is 25.3 Å². The van der Waals surface area contributed by atoms with Crippen LogP contribution in [0.4, 0.5) is 0 Å². The van der Waals surface area contributed by atoms with Crippen LogP contribution in [-0.4, -0.2) is 18.0 Å². The number of hydrogen-bond donors (Lipinski definition) is 1. The molecule has 1 amide bonds. The van der Waals surface area contributed by atoms with E-state index < -0.39 is 18.0 Å². The largest absolute Gasteiger partial charge is 0.467 e. The average Bonchev–Trinajstić information content (AvgIpc) is 3.00. The summed E-state index contributed by atoms with van der Waals surface area (Å²) in [5, 5.41) is 3.16. The van der Waals surface area contributed by atoms with E-state index >= 15 is 0 Å². The van der Waals surface area contributed by atoms with Crippen molar-refractivity contribution >= 4 is 35.1 Å². The van der Waals surface area contributed by atoms with Crippen molar-refractivity contribution in [2.45, 2.75) is 19.6 Å². The van der Waals surface area contributed by atoms with Gasteiger partial charge < -0.3 is 14.5 Å². The van der Waals surface area contributed by atoms with Gasteiger partial charge in [-0.3, -0.25) is 4.79 Å². The molecule has 22 heavy (non-hydrogen) atoms. The molecule has 0 saturated carbocycles. The third-order valence-corrected chi connectivity index (χ3v) is 3.38. The summed E-state index contributed by atoms with van der Waals surface area (Å²) in [7, 11) is 0. The van der Waals surface area contributed by atoms with E-state index in [4.69, 9.17) is 32.4 Å². The van der Waals surface area contributed by atoms with Gasteiger partial charge in [0.15, 0.2) is 6.10 Å². The summed E-state index contributed by atoms with van der Waals surface area (Å²) >= 11 is 11.7. The number of esters is 1. The zero-order chi connectivity index (χ0) is 16.1. The predicted octanol–water partition coefficient (Wildman–Crippen LogP) is 3.45. The van der Waals surface area contributed by atoms with E-state index in [9.17, 15) is 9.59 Å². The molecule has 1 N–H and O–H groups in total. The molecule has 0 fully saturated rings. The Morgan fingerprint density at radius 1 is 1.32 bits per heavy atom. The molecule has 2 rings (SSSR count). The van der Waals surface area contributed by atoms with Crippen LogP contribution in [-0.2, 0) is 16.1 Å². The lowest BCUT2D eigenvalue weighted by Gasteiger charge is -2.13. The summed E-state index contributed by atoms with van der Waals surface area (Å²) in [5.41, 5.74) is 0.111. The van der Waals surface area contributed by atoms with E-state index in [0.29, 0.717) is 10.8 Å². The van der Waals surface area contributed by atoms with E-state index in [1.807, 2.05) is 0 Å². The van der Waals surface area contributed by atoms with Crippen LogP contribution in [0.25, 0.3) is 0 Å². The molecular weight excluding hydrogens is 329 g/mol. The highest BCUT2D eigenvalue weighted by molar-refractivity contribution is 6.35. The fourth-order valence-electron chi connectivity index (χ4n) is 1.66. The Hall–Kier alpha value is -1.98. The quantitative estimate of drug-likeness (QED) is 0.845. The van der Waals surface area contributed by atoms with Crippen molar-refractivity contribution < 1.29 is 18.7 Å². The topological polar surface area (TPSA) is 68.5 Å². The van der Waals surface area contributed by atoms with Crippen LogP contribution in [0.3, 0.4) is 0 Å². The number of rotatable bonds is 5. The van der Waals surface area contributed by atoms with Crippen LogP contribution in [0.15, 0.2) is 41.0 Å². The number of ether oxygens (including phenoxy) is 1. The van der Waals surface area contributed by atoms with E-state index in [0.717, 1.165) is 0 Å². The predicted molar refractivity (Wildman–Crippen MR) is 81.9 cm³/mol. The van der Waals surface area contributed by atoms with Crippen molar-refractivity contribution in [3.05, 3.63) is 58.0 Å². The molecule has 1 aromatic carbocycles. The number of halogens is 2. The van der Waals surface area contributed by atoms with Gasteiger partial charge in [0.2, 0.25) is 0 Å². The molecule has 0 radical (unpaired) electrons. The molecule has 1 atom stereocenters. The maximum Gasteiger partial charge on any atom is 0.340 e. The van der Waals surface area contributed by atoms with Crippen molar-refractivity contribution in [1.29, 1.82) is 0 Å². The first-order valence-electron chi connectivity index (χ1n) is 6.43. The third kappa shape index (κ3) is 4.26. The molecule has 7 heteroatoms. The van der Waals surface area contributed by atoms with Gasteiger partial charge in [-0.15, -0.1) is 0 Å². The van der Waals surface area contributed by atoms with Crippen molar-refractivity contribution in [1.82, 2.24) is 5.32 Å². The monoisotopic (exact) mass is 341 g/mol. The fourth-order valence-corrected chi connectivity index (χ4v) is 2.03. The second kappa shape index (κ2) is 7.33. The summed E-state index contributed by atoms with van der Waals surface area (Å²) in [5.74, 6) is -0.555. The second-order valence-electron chi connectivity index (χ2n) is 4.47. The minimum absolute atomic E-state index is 0.111. The molecule has 0 bridgehead atoms. The van der Waals surface area contributed by atoms with Gasteiger partial charge in [-0.05, 0) is 37.3 Å². The van der Waals surface area contributed by atoms with Crippen LogP contribution in [0, 0.1) is 0 Å². The summed E-state index contributed by atoms with van der Waals surface area (Å²) in [6, 6.07) is 7.87. The van der Waals surface area contributed by atoms with Gasteiger partial charge in [-0.1, -0.05) is 23.2 Å². The molecule has 0 unspecified atom stereocenters. The van der Waals surface area contributed by atoms with Gasteiger partial charge in [0.25, 0.3) is 5.91 Å². The average molecular weight is 342 g/mol. The summed E-state index contributed by atoms with van der Waals surface area (Å²) in [6.45, 7) is 1.68. The van der Waals surface area contributed by atoms with E-state index in [2.05, 4.69) is 5.32 Å². The lowest BCUT2D eigenvalue weighted by Crippen LogP contribution is -2.35. The smallest absolute Gasteiger partial charge is 0.340 e. The number of furan rings is 1. The maximum atomic E-state index is 12.0. The van der Waals surface area contributed by atoms with Crippen LogP contribution in [0.2, 0.25) is 10.0 Å².